The highest BCUT2D eigenvalue weighted by Gasteiger charge is 2.16. The van der Waals surface area contributed by atoms with Gasteiger partial charge in [-0.1, -0.05) is 17.7 Å². The monoisotopic (exact) mass is 353 g/mol. The Hall–Kier alpha value is -2.95. The number of H-pyrrole nitrogens is 1. The van der Waals surface area contributed by atoms with Gasteiger partial charge in [-0.25, -0.2) is 4.79 Å². The molecule has 0 unspecified atom stereocenters. The van der Waals surface area contributed by atoms with Gasteiger partial charge in [-0.05, 0) is 52.0 Å². The van der Waals surface area contributed by atoms with E-state index in [1.807, 2.05) is 57.2 Å². The molecule has 3 rings (SSSR count). The lowest BCUT2D eigenvalue weighted by Gasteiger charge is -2.13. The van der Waals surface area contributed by atoms with Gasteiger partial charge in [0.15, 0.2) is 0 Å². The van der Waals surface area contributed by atoms with Crippen LogP contribution >= 0.6 is 0 Å². The second kappa shape index (κ2) is 7.52. The molecule has 0 aliphatic heterocycles. The van der Waals surface area contributed by atoms with Crippen LogP contribution in [0.15, 0.2) is 42.5 Å². The Bertz CT molecular complexity index is 910. The van der Waals surface area contributed by atoms with Crippen LogP contribution in [-0.4, -0.2) is 23.7 Å². The first-order chi connectivity index (χ1) is 12.5. The van der Waals surface area contributed by atoms with E-state index in [4.69, 9.17) is 14.2 Å². The SMILES string of the molecule is CCOC(=O)c1cc2cc(Oc3ccc(C)cc3)cc(OC(C)C)c2[nH]1. The van der Waals surface area contributed by atoms with Crippen LogP contribution in [0.1, 0.15) is 36.8 Å². The number of aryl methyl sites for hydroxylation is 1. The maximum absolute atomic E-state index is 12.0. The second-order valence-electron chi connectivity index (χ2n) is 6.37. The van der Waals surface area contributed by atoms with Gasteiger partial charge < -0.3 is 19.2 Å². The summed E-state index contributed by atoms with van der Waals surface area (Å²) in [6.45, 7) is 8.04. The molecular formula is C21H23NO4. The van der Waals surface area contributed by atoms with E-state index >= 15 is 0 Å². The van der Waals surface area contributed by atoms with Gasteiger partial charge in [0.05, 0.1) is 18.2 Å². The molecule has 1 heterocycles. The van der Waals surface area contributed by atoms with Crippen LogP contribution in [-0.2, 0) is 4.74 Å². The summed E-state index contributed by atoms with van der Waals surface area (Å²) in [5.74, 6) is 1.63. The van der Waals surface area contributed by atoms with Gasteiger partial charge in [0.2, 0.25) is 0 Å². The average molecular weight is 353 g/mol. The minimum Gasteiger partial charge on any atom is -0.489 e. The maximum atomic E-state index is 12.0. The molecule has 1 N–H and O–H groups in total. The van der Waals surface area contributed by atoms with Gasteiger partial charge in [-0.3, -0.25) is 0 Å². The minimum absolute atomic E-state index is 0.0119. The number of carbonyl (C=O) groups is 1. The van der Waals surface area contributed by atoms with Crippen LogP contribution in [0.3, 0.4) is 0 Å². The van der Waals surface area contributed by atoms with Crippen LogP contribution in [0.2, 0.25) is 0 Å². The molecule has 2 aromatic carbocycles. The Morgan fingerprint density at radius 2 is 1.81 bits per heavy atom. The van der Waals surface area contributed by atoms with Crippen LogP contribution in [0, 0.1) is 6.92 Å². The Kier molecular flexibility index (Phi) is 5.16. The van der Waals surface area contributed by atoms with Gasteiger partial charge in [-0.15, -0.1) is 0 Å². The number of ether oxygens (including phenoxy) is 3. The highest BCUT2D eigenvalue weighted by Crippen LogP contribution is 2.34. The molecule has 0 saturated heterocycles. The van der Waals surface area contributed by atoms with Gasteiger partial charge in [-0.2, -0.15) is 0 Å². The molecular weight excluding hydrogens is 330 g/mol. The van der Waals surface area contributed by atoms with Crippen molar-refractivity contribution in [2.75, 3.05) is 6.61 Å². The zero-order valence-electron chi connectivity index (χ0n) is 15.5. The van der Waals surface area contributed by atoms with Gasteiger partial charge >= 0.3 is 5.97 Å². The number of rotatable bonds is 6. The van der Waals surface area contributed by atoms with Crippen molar-refractivity contribution in [1.82, 2.24) is 4.98 Å². The molecule has 0 atom stereocenters. The van der Waals surface area contributed by atoms with Crippen molar-refractivity contribution in [2.45, 2.75) is 33.8 Å². The topological polar surface area (TPSA) is 60.6 Å². The summed E-state index contributed by atoms with van der Waals surface area (Å²) in [5.41, 5.74) is 2.31. The predicted octanol–water partition coefficient (Wildman–Crippen LogP) is 5.23. The fourth-order valence-corrected chi connectivity index (χ4v) is 2.65. The molecule has 136 valence electrons. The van der Waals surface area contributed by atoms with E-state index in [1.54, 1.807) is 13.0 Å². The van der Waals surface area contributed by atoms with Gasteiger partial charge in [0.1, 0.15) is 22.9 Å². The summed E-state index contributed by atoms with van der Waals surface area (Å²) < 4.78 is 17.0. The van der Waals surface area contributed by atoms with E-state index in [1.165, 1.54) is 5.56 Å². The summed E-state index contributed by atoms with van der Waals surface area (Å²) in [5, 5.41) is 0.827. The van der Waals surface area contributed by atoms with Crippen molar-refractivity contribution in [3.8, 4) is 17.2 Å². The van der Waals surface area contributed by atoms with Gasteiger partial charge in [0.25, 0.3) is 0 Å². The second-order valence-corrected chi connectivity index (χ2v) is 6.37. The molecule has 0 radical (unpaired) electrons. The average Bonchev–Trinajstić information content (AvgIpc) is 3.01. The van der Waals surface area contributed by atoms with Crippen LogP contribution in [0.5, 0.6) is 17.2 Å². The van der Waals surface area contributed by atoms with Crippen LogP contribution < -0.4 is 9.47 Å². The fraction of sp³-hybridized carbons (Fsp3) is 0.286. The van der Waals surface area contributed by atoms with Crippen molar-refractivity contribution in [1.29, 1.82) is 0 Å². The molecule has 26 heavy (non-hydrogen) atoms. The molecule has 0 amide bonds. The van der Waals surface area contributed by atoms with Crippen molar-refractivity contribution < 1.29 is 19.0 Å². The maximum Gasteiger partial charge on any atom is 0.354 e. The Morgan fingerprint density at radius 1 is 1.08 bits per heavy atom. The lowest BCUT2D eigenvalue weighted by atomic mass is 10.2. The summed E-state index contributed by atoms with van der Waals surface area (Å²) >= 11 is 0. The summed E-state index contributed by atoms with van der Waals surface area (Å²) in [6.07, 6.45) is -0.0119. The normalized spacial score (nSPS) is 11.0. The number of hydrogen-bond donors (Lipinski definition) is 1. The molecule has 0 saturated carbocycles. The number of aromatic amines is 1. The molecule has 0 fully saturated rings. The van der Waals surface area contributed by atoms with Crippen molar-refractivity contribution >= 4 is 16.9 Å². The summed E-state index contributed by atoms with van der Waals surface area (Å²) in [4.78, 5) is 15.1. The van der Waals surface area contributed by atoms with E-state index in [9.17, 15) is 4.79 Å². The van der Waals surface area contributed by atoms with E-state index in [2.05, 4.69) is 4.98 Å². The smallest absolute Gasteiger partial charge is 0.354 e. The van der Waals surface area contributed by atoms with Crippen molar-refractivity contribution in [2.24, 2.45) is 0 Å². The minimum atomic E-state index is -0.389. The van der Waals surface area contributed by atoms with E-state index in [0.717, 1.165) is 16.7 Å². The third-order valence-corrected chi connectivity index (χ3v) is 3.78. The number of hydrogen-bond acceptors (Lipinski definition) is 4. The zero-order chi connectivity index (χ0) is 18.7. The van der Waals surface area contributed by atoms with Crippen molar-refractivity contribution in [3.05, 3.63) is 53.7 Å². The number of nitrogens with one attached hydrogen (secondary N) is 1. The number of fused-ring (bicyclic) bond motifs is 1. The van der Waals surface area contributed by atoms with Gasteiger partial charge in [0, 0.05) is 11.5 Å². The summed E-state index contributed by atoms with van der Waals surface area (Å²) in [7, 11) is 0. The highest BCUT2D eigenvalue weighted by atomic mass is 16.5. The summed E-state index contributed by atoms with van der Waals surface area (Å²) in [6, 6.07) is 13.3. The zero-order valence-corrected chi connectivity index (χ0v) is 15.5. The Labute approximate surface area is 152 Å². The third kappa shape index (κ3) is 3.99. The van der Waals surface area contributed by atoms with Crippen molar-refractivity contribution in [3.63, 3.8) is 0 Å². The van der Waals surface area contributed by atoms with E-state index < -0.39 is 0 Å². The lowest BCUT2D eigenvalue weighted by molar-refractivity contribution is 0.0520. The Balaban J connectivity index is 2.01. The third-order valence-electron chi connectivity index (χ3n) is 3.78. The molecule has 5 nitrogen and oxygen atoms in total. The Morgan fingerprint density at radius 3 is 2.46 bits per heavy atom. The standard InChI is InChI=1S/C21H23NO4/c1-5-24-21(23)18-11-15-10-17(26-16-8-6-14(4)7-9-16)12-19(20(15)22-18)25-13(2)3/h6-13,22H,5H2,1-4H3. The lowest BCUT2D eigenvalue weighted by Crippen LogP contribution is -2.06. The molecule has 5 heteroatoms. The van der Waals surface area contributed by atoms with E-state index in [0.29, 0.717) is 23.8 Å². The first kappa shape index (κ1) is 17.9. The fourth-order valence-electron chi connectivity index (χ4n) is 2.65. The first-order valence-electron chi connectivity index (χ1n) is 8.71. The number of aromatic nitrogens is 1. The molecule has 0 aliphatic carbocycles. The molecule has 1 aromatic heterocycles. The van der Waals surface area contributed by atoms with E-state index in [-0.39, 0.29) is 12.1 Å². The number of benzene rings is 2. The molecule has 3 aromatic rings. The molecule has 0 spiro atoms. The molecule has 0 aliphatic rings. The predicted molar refractivity (Wildman–Crippen MR) is 101 cm³/mol. The number of carbonyl (C=O) groups excluding carboxylic acids is 1. The van der Waals surface area contributed by atoms with Crippen LogP contribution in [0.25, 0.3) is 10.9 Å². The molecule has 0 bridgehead atoms. The highest BCUT2D eigenvalue weighted by molar-refractivity contribution is 5.97. The quantitative estimate of drug-likeness (QED) is 0.616. The first-order valence-corrected chi connectivity index (χ1v) is 8.71. The number of esters is 1. The van der Waals surface area contributed by atoms with Crippen LogP contribution in [0.4, 0.5) is 0 Å². The largest absolute Gasteiger partial charge is 0.489 e.